The number of rotatable bonds is 2. The molecule has 2 rings (SSSR count). The monoisotopic (exact) mass is 287 g/mol. The number of alkyl halides is 3. The van der Waals surface area contributed by atoms with Crippen molar-refractivity contribution in [3.8, 4) is 0 Å². The zero-order valence-electron chi connectivity index (χ0n) is 9.31. The normalized spacial score (nSPS) is 11.8. The second kappa shape index (κ2) is 4.93. The van der Waals surface area contributed by atoms with E-state index in [9.17, 15) is 0 Å². The third-order valence-electron chi connectivity index (χ3n) is 2.60. The van der Waals surface area contributed by atoms with Gasteiger partial charge in [0.25, 0.3) is 0 Å². The maximum Gasteiger partial charge on any atom is 0.216 e. The summed E-state index contributed by atoms with van der Waals surface area (Å²) in [5, 5.41) is 5.33. The molecule has 0 aliphatic carbocycles. The Balaban J connectivity index is 2.71. The van der Waals surface area contributed by atoms with Gasteiger partial charge in [-0.1, -0.05) is 65.1 Å². The predicted octanol–water partition coefficient (Wildman–Crippen LogP) is 5.10. The van der Waals surface area contributed by atoms with Gasteiger partial charge in [-0.05, 0) is 18.4 Å². The van der Waals surface area contributed by atoms with Crippen molar-refractivity contribution in [2.75, 3.05) is 11.9 Å². The van der Waals surface area contributed by atoms with Gasteiger partial charge in [-0.15, -0.1) is 0 Å². The van der Waals surface area contributed by atoms with Crippen LogP contribution in [0.3, 0.4) is 0 Å². The molecule has 0 spiro atoms. The first-order valence-corrected chi connectivity index (χ1v) is 6.50. The van der Waals surface area contributed by atoms with Crippen LogP contribution in [0.2, 0.25) is 0 Å². The molecule has 0 radical (unpaired) electrons. The maximum atomic E-state index is 5.98. The molecule has 0 saturated carbocycles. The molecule has 1 nitrogen and oxygen atoms in total. The number of fused-ring (bicyclic) bond motifs is 1. The summed E-state index contributed by atoms with van der Waals surface area (Å²) < 4.78 is -1.40. The molecule has 4 heteroatoms. The van der Waals surface area contributed by atoms with Crippen LogP contribution in [0.4, 0.5) is 5.69 Å². The molecular weight excluding hydrogens is 277 g/mol. The number of benzene rings is 2. The molecule has 0 heterocycles. The Kier molecular flexibility index (Phi) is 3.72. The molecular formula is C13H12Cl3N. The fourth-order valence-electron chi connectivity index (χ4n) is 1.89. The van der Waals surface area contributed by atoms with Gasteiger partial charge in [0.2, 0.25) is 3.79 Å². The van der Waals surface area contributed by atoms with Gasteiger partial charge >= 0.3 is 0 Å². The lowest BCUT2D eigenvalue weighted by atomic mass is 10.0. The SMILES string of the molecule is CCNc1ccc(C(Cl)(Cl)Cl)c2ccccc12. The smallest absolute Gasteiger partial charge is 0.216 e. The molecule has 90 valence electrons. The topological polar surface area (TPSA) is 12.0 Å². The summed E-state index contributed by atoms with van der Waals surface area (Å²) in [5.41, 5.74) is 1.76. The van der Waals surface area contributed by atoms with E-state index < -0.39 is 3.79 Å². The third kappa shape index (κ3) is 2.62. The quantitative estimate of drug-likeness (QED) is 0.758. The van der Waals surface area contributed by atoms with Gasteiger partial charge in [-0.25, -0.2) is 0 Å². The summed E-state index contributed by atoms with van der Waals surface area (Å²) >= 11 is 17.9. The first-order chi connectivity index (χ1) is 8.04. The van der Waals surface area contributed by atoms with Gasteiger partial charge in [-0.3, -0.25) is 0 Å². The maximum absolute atomic E-state index is 5.98. The summed E-state index contributed by atoms with van der Waals surface area (Å²) in [6.45, 7) is 2.91. The molecule has 0 fully saturated rings. The van der Waals surface area contributed by atoms with E-state index in [-0.39, 0.29) is 0 Å². The third-order valence-corrected chi connectivity index (χ3v) is 3.21. The van der Waals surface area contributed by atoms with Crippen LogP contribution in [-0.2, 0) is 3.79 Å². The van der Waals surface area contributed by atoms with E-state index in [0.717, 1.165) is 23.0 Å². The van der Waals surface area contributed by atoms with Gasteiger partial charge in [0.05, 0.1) is 0 Å². The van der Waals surface area contributed by atoms with Crippen molar-refractivity contribution in [1.29, 1.82) is 0 Å². The van der Waals surface area contributed by atoms with Crippen LogP contribution in [0.15, 0.2) is 36.4 Å². The standard InChI is InChI=1S/C13H12Cl3N/c1-2-17-12-8-7-11(13(14,15)16)9-5-3-4-6-10(9)12/h3-8,17H,2H2,1H3. The van der Waals surface area contributed by atoms with Gasteiger partial charge in [-0.2, -0.15) is 0 Å². The Morgan fingerprint density at radius 3 is 2.24 bits per heavy atom. The van der Waals surface area contributed by atoms with Gasteiger partial charge in [0.15, 0.2) is 0 Å². The fourth-order valence-corrected chi connectivity index (χ4v) is 2.39. The van der Waals surface area contributed by atoms with E-state index in [1.807, 2.05) is 36.4 Å². The molecule has 17 heavy (non-hydrogen) atoms. The molecule has 0 amide bonds. The van der Waals surface area contributed by atoms with Crippen LogP contribution < -0.4 is 5.32 Å². The molecule has 0 aromatic heterocycles. The summed E-state index contributed by atoms with van der Waals surface area (Å²) in [5.74, 6) is 0. The molecule has 0 aliphatic rings. The Morgan fingerprint density at radius 1 is 1.00 bits per heavy atom. The van der Waals surface area contributed by atoms with Gasteiger partial charge in [0.1, 0.15) is 0 Å². The average Bonchev–Trinajstić information content (AvgIpc) is 2.28. The molecule has 0 unspecified atom stereocenters. The van der Waals surface area contributed by atoms with Gasteiger partial charge < -0.3 is 5.32 Å². The Labute approximate surface area is 116 Å². The lowest BCUT2D eigenvalue weighted by molar-refractivity contribution is 1.21. The van der Waals surface area contributed by atoms with Crippen molar-refractivity contribution in [2.45, 2.75) is 10.7 Å². The lowest BCUT2D eigenvalue weighted by Crippen LogP contribution is -2.03. The highest BCUT2D eigenvalue weighted by Gasteiger charge is 2.25. The minimum Gasteiger partial charge on any atom is -0.385 e. The number of hydrogen-bond acceptors (Lipinski definition) is 1. The molecule has 2 aromatic rings. The minimum atomic E-state index is -1.40. The Morgan fingerprint density at radius 2 is 1.65 bits per heavy atom. The first-order valence-electron chi connectivity index (χ1n) is 5.37. The van der Waals surface area contributed by atoms with E-state index in [0.29, 0.717) is 5.56 Å². The van der Waals surface area contributed by atoms with Crippen LogP contribution in [0.1, 0.15) is 12.5 Å². The van der Waals surface area contributed by atoms with Crippen LogP contribution in [0.5, 0.6) is 0 Å². The van der Waals surface area contributed by atoms with Crippen LogP contribution in [0, 0.1) is 0 Å². The second-order valence-corrected chi connectivity index (χ2v) is 6.02. The van der Waals surface area contributed by atoms with Crippen LogP contribution in [0.25, 0.3) is 10.8 Å². The number of hydrogen-bond donors (Lipinski definition) is 1. The molecule has 0 saturated heterocycles. The van der Waals surface area contributed by atoms with Gasteiger partial charge in [0, 0.05) is 23.2 Å². The van der Waals surface area contributed by atoms with E-state index in [1.54, 1.807) is 0 Å². The molecule has 1 N–H and O–H groups in total. The highest BCUT2D eigenvalue weighted by atomic mass is 35.6. The fraction of sp³-hybridized carbons (Fsp3) is 0.231. The number of nitrogens with one attached hydrogen (secondary N) is 1. The Hall–Kier alpha value is -0.630. The van der Waals surface area contributed by atoms with E-state index in [4.69, 9.17) is 34.8 Å². The molecule has 0 aliphatic heterocycles. The second-order valence-electron chi connectivity index (χ2n) is 3.73. The van der Waals surface area contributed by atoms with E-state index >= 15 is 0 Å². The zero-order valence-corrected chi connectivity index (χ0v) is 11.6. The van der Waals surface area contributed by atoms with E-state index in [1.165, 1.54) is 0 Å². The Bertz CT molecular complexity index is 532. The molecule has 0 atom stereocenters. The average molecular weight is 289 g/mol. The van der Waals surface area contributed by atoms with E-state index in [2.05, 4.69) is 12.2 Å². The van der Waals surface area contributed by atoms with Crippen molar-refractivity contribution < 1.29 is 0 Å². The van der Waals surface area contributed by atoms with Crippen molar-refractivity contribution in [2.24, 2.45) is 0 Å². The predicted molar refractivity (Wildman–Crippen MR) is 77.3 cm³/mol. The number of anilines is 1. The highest BCUT2D eigenvalue weighted by Crippen LogP contribution is 2.43. The van der Waals surface area contributed by atoms with Crippen molar-refractivity contribution in [1.82, 2.24) is 0 Å². The van der Waals surface area contributed by atoms with Crippen LogP contribution in [-0.4, -0.2) is 6.54 Å². The largest absolute Gasteiger partial charge is 0.385 e. The molecule has 2 aromatic carbocycles. The lowest BCUT2D eigenvalue weighted by Gasteiger charge is -2.17. The van der Waals surface area contributed by atoms with Crippen LogP contribution >= 0.6 is 34.8 Å². The summed E-state index contributed by atoms with van der Waals surface area (Å²) in [4.78, 5) is 0. The summed E-state index contributed by atoms with van der Waals surface area (Å²) in [7, 11) is 0. The zero-order chi connectivity index (χ0) is 12.5. The van der Waals surface area contributed by atoms with Crippen molar-refractivity contribution in [3.05, 3.63) is 42.0 Å². The molecule has 0 bridgehead atoms. The summed E-state index contributed by atoms with van der Waals surface area (Å²) in [6.07, 6.45) is 0. The minimum absolute atomic E-state index is 0.708. The summed E-state index contributed by atoms with van der Waals surface area (Å²) in [6, 6.07) is 11.7. The first kappa shape index (κ1) is 12.8. The number of halogens is 3. The van der Waals surface area contributed by atoms with Crippen molar-refractivity contribution >= 4 is 51.3 Å². The van der Waals surface area contributed by atoms with Crippen molar-refractivity contribution in [3.63, 3.8) is 0 Å². The highest BCUT2D eigenvalue weighted by molar-refractivity contribution is 6.67.